The average molecular weight is 295 g/mol. The van der Waals surface area contributed by atoms with Crippen LogP contribution in [0.1, 0.15) is 31.4 Å². The van der Waals surface area contributed by atoms with Gasteiger partial charge in [-0.2, -0.15) is 0 Å². The Morgan fingerprint density at radius 3 is 2.40 bits per heavy atom. The third kappa shape index (κ3) is 3.90. The van der Waals surface area contributed by atoms with Gasteiger partial charge >= 0.3 is 0 Å². The molecular formula is C15H23ClN4. The Balaban J connectivity index is 1.42. The van der Waals surface area contributed by atoms with Crippen LogP contribution in [-0.4, -0.2) is 52.5 Å². The summed E-state index contributed by atoms with van der Waals surface area (Å²) in [7, 11) is 0. The predicted octanol–water partition coefficient (Wildman–Crippen LogP) is 2.44. The molecule has 2 fully saturated rings. The van der Waals surface area contributed by atoms with Gasteiger partial charge in [-0.25, -0.2) is 4.98 Å². The Labute approximate surface area is 126 Å². The zero-order valence-electron chi connectivity index (χ0n) is 12.0. The first-order chi connectivity index (χ1) is 9.79. The molecule has 0 aromatic carbocycles. The summed E-state index contributed by atoms with van der Waals surface area (Å²) < 4.78 is 0. The van der Waals surface area contributed by atoms with Gasteiger partial charge < -0.3 is 4.90 Å². The van der Waals surface area contributed by atoms with Crippen molar-refractivity contribution >= 4 is 11.6 Å². The molecule has 0 spiro atoms. The van der Waals surface area contributed by atoms with E-state index >= 15 is 0 Å². The molecule has 4 nitrogen and oxygen atoms in total. The molecule has 0 radical (unpaired) electrons. The largest absolute Gasteiger partial charge is 0.303 e. The smallest absolute Gasteiger partial charge is 0.147 e. The Morgan fingerprint density at radius 1 is 1.00 bits per heavy atom. The van der Waals surface area contributed by atoms with Crippen molar-refractivity contribution in [1.82, 2.24) is 19.8 Å². The molecule has 5 heteroatoms. The summed E-state index contributed by atoms with van der Waals surface area (Å²) in [5.41, 5.74) is 1.02. The Morgan fingerprint density at radius 2 is 1.75 bits per heavy atom. The highest BCUT2D eigenvalue weighted by atomic mass is 35.5. The molecule has 0 N–H and O–H groups in total. The standard InChI is InChI=1S/C15H23ClN4/c16-15-10-17-14(9-18-15)12-20-7-3-13(4-8-20)11-19-5-1-2-6-19/h9-10,13H,1-8,11-12H2. The molecule has 2 aliphatic heterocycles. The lowest BCUT2D eigenvalue weighted by Crippen LogP contribution is -2.37. The van der Waals surface area contributed by atoms with Crippen LogP contribution in [0.3, 0.4) is 0 Å². The van der Waals surface area contributed by atoms with Crippen molar-refractivity contribution in [3.8, 4) is 0 Å². The molecule has 0 atom stereocenters. The number of aromatic nitrogens is 2. The number of halogens is 1. The van der Waals surface area contributed by atoms with Crippen molar-refractivity contribution in [1.29, 1.82) is 0 Å². The maximum atomic E-state index is 5.76. The van der Waals surface area contributed by atoms with Gasteiger partial charge in [-0.1, -0.05) is 11.6 Å². The van der Waals surface area contributed by atoms with E-state index in [4.69, 9.17) is 11.6 Å². The van der Waals surface area contributed by atoms with E-state index in [-0.39, 0.29) is 0 Å². The fraction of sp³-hybridized carbons (Fsp3) is 0.733. The highest BCUT2D eigenvalue weighted by Gasteiger charge is 2.22. The van der Waals surface area contributed by atoms with E-state index < -0.39 is 0 Å². The van der Waals surface area contributed by atoms with Gasteiger partial charge in [0.2, 0.25) is 0 Å². The first kappa shape index (κ1) is 14.2. The van der Waals surface area contributed by atoms with Crippen molar-refractivity contribution in [3.63, 3.8) is 0 Å². The van der Waals surface area contributed by atoms with E-state index in [9.17, 15) is 0 Å². The molecule has 1 aromatic rings. The third-order valence-electron chi connectivity index (χ3n) is 4.48. The zero-order chi connectivity index (χ0) is 13.8. The summed E-state index contributed by atoms with van der Waals surface area (Å²) in [5, 5.41) is 0.470. The normalized spacial score (nSPS) is 22.4. The molecule has 20 heavy (non-hydrogen) atoms. The van der Waals surface area contributed by atoms with Crippen LogP contribution < -0.4 is 0 Å². The molecule has 3 rings (SSSR count). The van der Waals surface area contributed by atoms with Crippen molar-refractivity contribution in [2.45, 2.75) is 32.2 Å². The van der Waals surface area contributed by atoms with Gasteiger partial charge in [-0.15, -0.1) is 0 Å². The summed E-state index contributed by atoms with van der Waals surface area (Å²) in [6.07, 6.45) is 8.85. The number of hydrogen-bond acceptors (Lipinski definition) is 4. The molecule has 2 aliphatic rings. The van der Waals surface area contributed by atoms with Gasteiger partial charge in [0.1, 0.15) is 5.15 Å². The molecule has 0 saturated carbocycles. The molecular weight excluding hydrogens is 272 g/mol. The molecule has 110 valence electrons. The fourth-order valence-electron chi connectivity index (χ4n) is 3.31. The van der Waals surface area contributed by atoms with Crippen LogP contribution in [-0.2, 0) is 6.54 Å². The van der Waals surface area contributed by atoms with Gasteiger partial charge in [-0.05, 0) is 57.8 Å². The highest BCUT2D eigenvalue weighted by molar-refractivity contribution is 6.29. The molecule has 0 amide bonds. The highest BCUT2D eigenvalue weighted by Crippen LogP contribution is 2.21. The lowest BCUT2D eigenvalue weighted by molar-refractivity contribution is 0.147. The second-order valence-corrected chi connectivity index (χ2v) is 6.44. The fourth-order valence-corrected chi connectivity index (χ4v) is 3.40. The van der Waals surface area contributed by atoms with Gasteiger partial charge in [0.15, 0.2) is 0 Å². The van der Waals surface area contributed by atoms with E-state index in [1.54, 1.807) is 12.4 Å². The van der Waals surface area contributed by atoms with Crippen LogP contribution in [0.4, 0.5) is 0 Å². The number of piperidine rings is 1. The first-order valence-corrected chi connectivity index (χ1v) is 8.08. The van der Waals surface area contributed by atoms with Gasteiger partial charge in [-0.3, -0.25) is 9.88 Å². The number of hydrogen-bond donors (Lipinski definition) is 0. The van der Waals surface area contributed by atoms with Crippen LogP contribution in [0.2, 0.25) is 5.15 Å². The Kier molecular flexibility index (Phi) is 4.86. The van der Waals surface area contributed by atoms with E-state index in [1.807, 2.05) is 0 Å². The second-order valence-electron chi connectivity index (χ2n) is 6.06. The molecule has 0 unspecified atom stereocenters. The number of nitrogens with zero attached hydrogens (tertiary/aromatic N) is 4. The topological polar surface area (TPSA) is 32.3 Å². The van der Waals surface area contributed by atoms with Crippen molar-refractivity contribution in [3.05, 3.63) is 23.2 Å². The first-order valence-electron chi connectivity index (χ1n) is 7.71. The van der Waals surface area contributed by atoms with Crippen LogP contribution in [0.25, 0.3) is 0 Å². The summed E-state index contributed by atoms with van der Waals surface area (Å²) in [6, 6.07) is 0. The average Bonchev–Trinajstić information content (AvgIpc) is 2.96. The summed E-state index contributed by atoms with van der Waals surface area (Å²) in [6.45, 7) is 7.22. The van der Waals surface area contributed by atoms with E-state index in [2.05, 4.69) is 19.8 Å². The molecule has 1 aromatic heterocycles. The van der Waals surface area contributed by atoms with Crippen LogP contribution in [0.5, 0.6) is 0 Å². The van der Waals surface area contributed by atoms with Crippen LogP contribution in [0.15, 0.2) is 12.4 Å². The Hall–Kier alpha value is -0.710. The molecule has 3 heterocycles. The number of likely N-dealkylation sites (tertiary alicyclic amines) is 2. The minimum Gasteiger partial charge on any atom is -0.303 e. The monoisotopic (exact) mass is 294 g/mol. The summed E-state index contributed by atoms with van der Waals surface area (Å²) in [5.74, 6) is 0.889. The predicted molar refractivity (Wildman–Crippen MR) is 80.7 cm³/mol. The van der Waals surface area contributed by atoms with Crippen LogP contribution >= 0.6 is 11.6 Å². The zero-order valence-corrected chi connectivity index (χ0v) is 12.7. The Bertz CT molecular complexity index is 408. The maximum Gasteiger partial charge on any atom is 0.147 e. The van der Waals surface area contributed by atoms with Gasteiger partial charge in [0.25, 0.3) is 0 Å². The quantitative estimate of drug-likeness (QED) is 0.854. The van der Waals surface area contributed by atoms with E-state index in [1.165, 1.54) is 58.4 Å². The molecule has 2 saturated heterocycles. The van der Waals surface area contributed by atoms with Gasteiger partial charge in [0.05, 0.1) is 18.1 Å². The maximum absolute atomic E-state index is 5.76. The van der Waals surface area contributed by atoms with E-state index in [0.29, 0.717) is 5.15 Å². The minimum absolute atomic E-state index is 0.470. The lowest BCUT2D eigenvalue weighted by Gasteiger charge is -2.33. The molecule has 0 aliphatic carbocycles. The SMILES string of the molecule is Clc1cnc(CN2CCC(CN3CCCC3)CC2)cn1. The minimum atomic E-state index is 0.470. The van der Waals surface area contributed by atoms with Crippen molar-refractivity contribution in [2.75, 3.05) is 32.7 Å². The summed E-state index contributed by atoms with van der Waals surface area (Å²) in [4.78, 5) is 13.6. The summed E-state index contributed by atoms with van der Waals surface area (Å²) >= 11 is 5.76. The van der Waals surface area contributed by atoms with Crippen molar-refractivity contribution < 1.29 is 0 Å². The lowest BCUT2D eigenvalue weighted by atomic mass is 9.96. The second kappa shape index (κ2) is 6.83. The van der Waals surface area contributed by atoms with Crippen LogP contribution in [0, 0.1) is 5.92 Å². The van der Waals surface area contributed by atoms with Gasteiger partial charge in [0, 0.05) is 13.1 Å². The van der Waals surface area contributed by atoms with Crippen molar-refractivity contribution in [2.24, 2.45) is 5.92 Å². The third-order valence-corrected chi connectivity index (χ3v) is 4.68. The van der Waals surface area contributed by atoms with E-state index in [0.717, 1.165) is 18.2 Å². The number of rotatable bonds is 4. The molecule has 0 bridgehead atoms.